The molecular weight excluding hydrogens is 615 g/mol. The number of ether oxygens (including phenoxy) is 2. The van der Waals surface area contributed by atoms with E-state index >= 15 is 0 Å². The van der Waals surface area contributed by atoms with E-state index in [9.17, 15) is 29.7 Å². The van der Waals surface area contributed by atoms with Crippen molar-refractivity contribution in [3.63, 3.8) is 0 Å². The SMILES string of the molecule is N#C[BH2-][n+]1cn(C2CC(OP(=O)([O-])OCC3OC(n4cnc5c(N)ncnc54)CC3O)C(CO)O2)c2nc(N)[nH]c(=O)c21.[Na+]. The van der Waals surface area contributed by atoms with Gasteiger partial charge in [0.1, 0.15) is 36.4 Å². The van der Waals surface area contributed by atoms with Crippen molar-refractivity contribution in [2.24, 2.45) is 0 Å². The summed E-state index contributed by atoms with van der Waals surface area (Å²) in [6, 6.07) is 0. The zero-order valence-corrected chi connectivity index (χ0v) is 26.4. The van der Waals surface area contributed by atoms with E-state index in [1.165, 1.54) is 28.0 Å². The Morgan fingerprint density at radius 3 is 2.73 bits per heavy atom. The van der Waals surface area contributed by atoms with Crippen LogP contribution >= 0.6 is 7.82 Å². The molecule has 0 radical (unpaired) electrons. The number of anilines is 2. The monoisotopic (exact) mass is 641 g/mol. The van der Waals surface area contributed by atoms with E-state index in [2.05, 4.69) is 30.9 Å². The number of phosphoric acid groups is 1. The fraction of sp³-hybridized carbons (Fsp3) is 0.476. The molecule has 0 saturated carbocycles. The summed E-state index contributed by atoms with van der Waals surface area (Å²) in [7, 11) is -6.45. The number of nitrogens with two attached hydrogens (primary N) is 2. The number of nitrogens with one attached hydrogen (secondary N) is 1. The third-order valence-electron chi connectivity index (χ3n) is 7.36. The maximum Gasteiger partial charge on any atom is 1.00 e. The van der Waals surface area contributed by atoms with Crippen molar-refractivity contribution in [1.29, 1.82) is 5.26 Å². The van der Waals surface area contributed by atoms with Crippen LogP contribution in [-0.4, -0.2) is 89.3 Å². The summed E-state index contributed by atoms with van der Waals surface area (Å²) in [5, 5.41) is 29.6. The van der Waals surface area contributed by atoms with Crippen molar-refractivity contribution in [1.82, 2.24) is 34.1 Å². The number of imidazole rings is 2. The Bertz CT molecular complexity index is 1830. The molecule has 0 bridgehead atoms. The van der Waals surface area contributed by atoms with Crippen LogP contribution in [0.15, 0.2) is 23.8 Å². The van der Waals surface area contributed by atoms with Gasteiger partial charge in [0, 0.05) is 12.8 Å². The van der Waals surface area contributed by atoms with Gasteiger partial charge in [-0.25, -0.2) is 20.2 Å². The fourth-order valence-electron chi connectivity index (χ4n) is 5.38. The molecule has 7 atom stereocenters. The molecule has 6 heterocycles. The van der Waals surface area contributed by atoms with Gasteiger partial charge in [0.05, 0.1) is 25.6 Å². The second-order valence-corrected chi connectivity index (χ2v) is 11.5. The van der Waals surface area contributed by atoms with Gasteiger partial charge in [-0.3, -0.25) is 18.9 Å². The molecule has 4 aromatic rings. The number of phosphoric ester groups is 1. The summed E-state index contributed by atoms with van der Waals surface area (Å²) in [5.41, 5.74) is 11.9. The third kappa shape index (κ3) is 6.11. The normalized spacial score (nSPS) is 26.5. The van der Waals surface area contributed by atoms with Crippen LogP contribution in [0.2, 0.25) is 0 Å². The first-order chi connectivity index (χ1) is 20.6. The Hall–Kier alpha value is -3.00. The zero-order valence-electron chi connectivity index (χ0n) is 23.5. The Kier molecular flexibility index (Phi) is 9.41. The van der Waals surface area contributed by atoms with E-state index in [1.807, 2.05) is 0 Å². The van der Waals surface area contributed by atoms with Crippen molar-refractivity contribution in [3.05, 3.63) is 29.3 Å². The standard InChI is InChI=1S/C21H27BN11O9P.Na/c23-5-22-33-8-32(19-16(33)20(36)30-21(25)29-19)14-2-10(11(3-34)40-14)42-43(37,38)39-4-12-9(35)1-13(41-12)31-7-28-15-17(24)26-6-27-18(15)31;/h6-14,34-35H,1-4,22H2,(H,37,38)(H2,24,26,27)(H3,25,29,30,36);/q;+1/p-1. The third-order valence-corrected chi connectivity index (χ3v) is 8.36. The van der Waals surface area contributed by atoms with Crippen LogP contribution in [0.5, 0.6) is 0 Å². The largest absolute Gasteiger partial charge is 1.00 e. The molecule has 23 heteroatoms. The van der Waals surface area contributed by atoms with Gasteiger partial charge >= 0.3 is 29.6 Å². The molecule has 0 amide bonds. The first-order valence-electron chi connectivity index (χ1n) is 13.2. The number of hydrogen-bond donors (Lipinski definition) is 5. The molecule has 0 aliphatic carbocycles. The van der Waals surface area contributed by atoms with Crippen LogP contribution in [-0.2, 0) is 23.1 Å². The number of nitrogens with zero attached hydrogens (tertiary/aromatic N) is 8. The zero-order chi connectivity index (χ0) is 30.5. The van der Waals surface area contributed by atoms with E-state index in [0.29, 0.717) is 11.2 Å². The number of nitrogen functional groups attached to an aromatic ring is 2. The molecule has 4 aromatic heterocycles. The number of fused-ring (bicyclic) bond motifs is 2. The number of aromatic nitrogens is 8. The molecule has 0 aromatic carbocycles. The topological polar surface area (TPSA) is 291 Å². The Morgan fingerprint density at radius 1 is 1.23 bits per heavy atom. The number of rotatable bonds is 9. The van der Waals surface area contributed by atoms with Gasteiger partial charge in [-0.2, -0.15) is 9.55 Å². The number of nitriles is 1. The van der Waals surface area contributed by atoms with Crippen LogP contribution in [0, 0.1) is 11.2 Å². The van der Waals surface area contributed by atoms with E-state index in [4.69, 9.17) is 30.0 Å². The molecule has 7 unspecified atom stereocenters. The van der Waals surface area contributed by atoms with Crippen molar-refractivity contribution in [2.75, 3.05) is 24.7 Å². The molecule has 2 saturated heterocycles. The van der Waals surface area contributed by atoms with E-state index in [1.54, 1.807) is 4.57 Å². The molecule has 20 nitrogen and oxygen atoms in total. The number of aliphatic hydroxyl groups excluding tert-OH is 2. The maximum atomic E-state index is 12.8. The fourth-order valence-corrected chi connectivity index (χ4v) is 6.32. The number of H-pyrrole nitrogens is 1. The van der Waals surface area contributed by atoms with Gasteiger partial charge < -0.3 is 49.6 Å². The van der Waals surface area contributed by atoms with Crippen molar-refractivity contribution in [2.45, 2.75) is 49.7 Å². The van der Waals surface area contributed by atoms with Crippen molar-refractivity contribution in [3.8, 4) is 5.97 Å². The van der Waals surface area contributed by atoms with Gasteiger partial charge in [-0.05, 0) is 0 Å². The summed E-state index contributed by atoms with van der Waals surface area (Å²) in [5.74, 6) is 2.07. The van der Waals surface area contributed by atoms with Gasteiger partial charge in [0.15, 0.2) is 11.5 Å². The summed E-state index contributed by atoms with van der Waals surface area (Å²) < 4.78 is 39.2. The number of aromatic amines is 1. The van der Waals surface area contributed by atoms with Crippen LogP contribution in [0.3, 0.4) is 0 Å². The van der Waals surface area contributed by atoms with E-state index in [0.717, 1.165) is 0 Å². The molecule has 228 valence electrons. The molecule has 44 heavy (non-hydrogen) atoms. The Morgan fingerprint density at radius 2 is 1.98 bits per heavy atom. The maximum absolute atomic E-state index is 12.8. The quantitative estimate of drug-likeness (QED) is 0.0838. The predicted molar refractivity (Wildman–Crippen MR) is 143 cm³/mol. The number of aliphatic hydroxyl groups is 2. The minimum atomic E-state index is -5.01. The van der Waals surface area contributed by atoms with E-state index in [-0.39, 0.29) is 65.3 Å². The molecule has 6 rings (SSSR count). The Labute approximate surface area is 269 Å². The van der Waals surface area contributed by atoms with Gasteiger partial charge in [-0.1, -0.05) is 0 Å². The second kappa shape index (κ2) is 12.8. The minimum Gasteiger partial charge on any atom is -0.756 e. The molecule has 0 spiro atoms. The summed E-state index contributed by atoms with van der Waals surface area (Å²) >= 11 is 0. The van der Waals surface area contributed by atoms with Crippen LogP contribution in [0.25, 0.3) is 22.3 Å². The van der Waals surface area contributed by atoms with Crippen molar-refractivity contribution < 1.29 is 72.2 Å². The Balaban J connectivity index is 0.00000384. The first-order valence-corrected chi connectivity index (χ1v) is 14.7. The average molecular weight is 641 g/mol. The summed E-state index contributed by atoms with van der Waals surface area (Å²) in [4.78, 5) is 44.1. The van der Waals surface area contributed by atoms with Gasteiger partial charge in [-0.15, -0.1) is 5.97 Å². The van der Waals surface area contributed by atoms with Gasteiger partial charge in [0.2, 0.25) is 24.0 Å². The smallest absolute Gasteiger partial charge is 0.756 e. The summed E-state index contributed by atoms with van der Waals surface area (Å²) in [6.45, 7) is -1.16. The van der Waals surface area contributed by atoms with Crippen molar-refractivity contribution >= 4 is 49.3 Å². The first kappa shape index (κ1) is 32.4. The van der Waals surface area contributed by atoms with Gasteiger partial charge in [0.25, 0.3) is 26.4 Å². The minimum absolute atomic E-state index is 0. The van der Waals surface area contributed by atoms with Crippen LogP contribution < -0.4 is 56.0 Å². The van der Waals surface area contributed by atoms with Crippen LogP contribution in [0.4, 0.5) is 11.8 Å². The van der Waals surface area contributed by atoms with Crippen LogP contribution in [0.1, 0.15) is 25.3 Å². The van der Waals surface area contributed by atoms with E-state index < -0.39 is 70.9 Å². The average Bonchev–Trinajstić information content (AvgIpc) is 3.72. The predicted octanol–water partition coefficient (Wildman–Crippen LogP) is -6.77. The molecule has 2 aliphatic rings. The second-order valence-electron chi connectivity index (χ2n) is 10.2. The summed E-state index contributed by atoms with van der Waals surface area (Å²) in [6.07, 6.45) is -1.87. The molecular formula is C21H26BN11NaO9P. The molecule has 2 fully saturated rings. The molecule has 2 aliphatic heterocycles. The number of hydrogen-bond acceptors (Lipinski definition) is 16. The molecule has 7 N–H and O–H groups in total.